The minimum Gasteiger partial charge on any atom is -0.368 e. The predicted octanol–water partition coefficient (Wildman–Crippen LogP) is 3.13. The average molecular weight is 401 g/mol. The Morgan fingerprint density at radius 3 is 1.50 bits per heavy atom. The van der Waals surface area contributed by atoms with Crippen LogP contribution >= 0.6 is 0 Å². The molecule has 0 amide bonds. The minimum atomic E-state index is 0.853. The molecule has 0 radical (unpaired) electrons. The van der Waals surface area contributed by atoms with E-state index >= 15 is 0 Å². The van der Waals surface area contributed by atoms with Gasteiger partial charge in [-0.2, -0.15) is 4.98 Å². The summed E-state index contributed by atoms with van der Waals surface area (Å²) in [6.07, 6.45) is 1.91. The summed E-state index contributed by atoms with van der Waals surface area (Å²) in [5.41, 5.74) is 2.60. The smallest absolute Gasteiger partial charge is 0.227 e. The first-order valence-electron chi connectivity index (χ1n) is 10.8. The second kappa shape index (κ2) is 8.61. The van der Waals surface area contributed by atoms with Crippen molar-refractivity contribution in [3.63, 3.8) is 0 Å². The van der Waals surface area contributed by atoms with Crippen LogP contribution in [0, 0.1) is 0 Å². The largest absolute Gasteiger partial charge is 0.368 e. The van der Waals surface area contributed by atoms with E-state index in [0.717, 1.165) is 64.1 Å². The highest BCUT2D eigenvalue weighted by Gasteiger charge is 2.22. The molecule has 0 saturated carbocycles. The van der Waals surface area contributed by atoms with Gasteiger partial charge in [0.05, 0.1) is 0 Å². The van der Waals surface area contributed by atoms with Crippen LogP contribution in [-0.2, 0) is 0 Å². The molecule has 0 N–H and O–H groups in total. The summed E-state index contributed by atoms with van der Waals surface area (Å²) >= 11 is 0. The number of nitrogens with zero attached hydrogens (tertiary/aromatic N) is 6. The van der Waals surface area contributed by atoms with Crippen molar-refractivity contribution in [2.45, 2.75) is 0 Å². The first kappa shape index (κ1) is 18.7. The lowest BCUT2D eigenvalue weighted by Gasteiger charge is -2.38. The number of hydrogen-bond donors (Lipinski definition) is 0. The number of anilines is 4. The van der Waals surface area contributed by atoms with Gasteiger partial charge in [-0.15, -0.1) is 0 Å². The summed E-state index contributed by atoms with van der Waals surface area (Å²) in [4.78, 5) is 19.1. The molecule has 0 unspecified atom stereocenters. The average Bonchev–Trinajstić information content (AvgIpc) is 2.85. The monoisotopic (exact) mass is 400 g/mol. The lowest BCUT2D eigenvalue weighted by molar-refractivity contribution is 0.630. The van der Waals surface area contributed by atoms with Gasteiger partial charge in [0.2, 0.25) is 5.95 Å². The zero-order chi connectivity index (χ0) is 20.2. The van der Waals surface area contributed by atoms with Gasteiger partial charge in [0, 0.05) is 69.9 Å². The summed E-state index contributed by atoms with van der Waals surface area (Å²) in [7, 11) is 0. The van der Waals surface area contributed by atoms with Crippen molar-refractivity contribution in [3.05, 3.63) is 72.9 Å². The Labute approximate surface area is 178 Å². The Morgan fingerprint density at radius 1 is 0.500 bits per heavy atom. The first-order chi connectivity index (χ1) is 14.9. The Bertz CT molecular complexity index is 857. The highest BCUT2D eigenvalue weighted by Crippen LogP contribution is 2.22. The molecule has 0 atom stereocenters. The number of hydrogen-bond acceptors (Lipinski definition) is 6. The van der Waals surface area contributed by atoms with Gasteiger partial charge >= 0.3 is 0 Å². The van der Waals surface area contributed by atoms with E-state index in [-0.39, 0.29) is 0 Å². The molecule has 154 valence electrons. The number of aromatic nitrogens is 2. The number of benzene rings is 2. The van der Waals surface area contributed by atoms with Crippen molar-refractivity contribution in [2.75, 3.05) is 72.0 Å². The van der Waals surface area contributed by atoms with Gasteiger partial charge in [-0.25, -0.2) is 4.98 Å². The van der Waals surface area contributed by atoms with Crippen LogP contribution in [0.4, 0.5) is 23.1 Å². The number of rotatable bonds is 4. The molecular formula is C24H28N6. The fraction of sp³-hybridized carbons (Fsp3) is 0.333. The summed E-state index contributed by atoms with van der Waals surface area (Å²) < 4.78 is 0. The van der Waals surface area contributed by atoms with Crippen molar-refractivity contribution in [3.8, 4) is 0 Å². The third-order valence-corrected chi connectivity index (χ3v) is 6.04. The Hall–Kier alpha value is -3.28. The maximum absolute atomic E-state index is 4.92. The van der Waals surface area contributed by atoms with Gasteiger partial charge in [-0.3, -0.25) is 0 Å². The van der Waals surface area contributed by atoms with Gasteiger partial charge in [-0.1, -0.05) is 36.4 Å². The second-order valence-electron chi connectivity index (χ2n) is 7.83. The van der Waals surface area contributed by atoms with Gasteiger partial charge < -0.3 is 19.6 Å². The maximum atomic E-state index is 4.92. The van der Waals surface area contributed by atoms with Gasteiger partial charge in [-0.05, 0) is 30.3 Å². The fourth-order valence-corrected chi connectivity index (χ4v) is 4.30. The molecule has 5 rings (SSSR count). The van der Waals surface area contributed by atoms with E-state index in [9.17, 15) is 0 Å². The van der Waals surface area contributed by atoms with E-state index in [1.165, 1.54) is 11.4 Å². The van der Waals surface area contributed by atoms with Crippen LogP contribution in [0.15, 0.2) is 72.9 Å². The van der Waals surface area contributed by atoms with Gasteiger partial charge in [0.25, 0.3) is 0 Å². The highest BCUT2D eigenvalue weighted by molar-refractivity contribution is 5.51. The molecule has 2 fully saturated rings. The summed E-state index contributed by atoms with van der Waals surface area (Å²) in [5.74, 6) is 1.89. The van der Waals surface area contributed by atoms with Crippen LogP contribution in [0.5, 0.6) is 0 Å². The molecule has 3 heterocycles. The van der Waals surface area contributed by atoms with Crippen molar-refractivity contribution < 1.29 is 0 Å². The van der Waals surface area contributed by atoms with Crippen LogP contribution < -0.4 is 19.6 Å². The van der Waals surface area contributed by atoms with E-state index < -0.39 is 0 Å². The van der Waals surface area contributed by atoms with Crippen molar-refractivity contribution in [1.29, 1.82) is 0 Å². The standard InChI is InChI=1S/C24H28N6/c1-3-7-21(8-4-1)27-13-17-29(18-14-27)23-11-12-25-24(26-23)30-19-15-28(16-20-30)22-9-5-2-6-10-22/h1-12H,13-20H2. The van der Waals surface area contributed by atoms with Crippen LogP contribution in [0.3, 0.4) is 0 Å². The van der Waals surface area contributed by atoms with E-state index in [2.05, 4.69) is 85.2 Å². The van der Waals surface area contributed by atoms with Crippen molar-refractivity contribution in [1.82, 2.24) is 9.97 Å². The SMILES string of the molecule is c1ccc(N2CCN(c3ccnc(N4CCN(c5ccccc5)CC4)n3)CC2)cc1. The summed E-state index contributed by atoms with van der Waals surface area (Å²) in [6.45, 7) is 7.86. The Morgan fingerprint density at radius 2 is 0.967 bits per heavy atom. The van der Waals surface area contributed by atoms with Crippen LogP contribution in [0.25, 0.3) is 0 Å². The molecule has 1 aromatic heterocycles. The molecule has 2 aromatic carbocycles. The second-order valence-corrected chi connectivity index (χ2v) is 7.83. The molecule has 3 aromatic rings. The van der Waals surface area contributed by atoms with Gasteiger partial charge in [0.1, 0.15) is 5.82 Å². The number of para-hydroxylation sites is 2. The van der Waals surface area contributed by atoms with E-state index in [0.29, 0.717) is 0 Å². The fourth-order valence-electron chi connectivity index (χ4n) is 4.30. The molecule has 2 aliphatic rings. The molecule has 6 heteroatoms. The lowest BCUT2D eigenvalue weighted by atomic mass is 10.2. The molecular weight excluding hydrogens is 372 g/mol. The summed E-state index contributed by atoms with van der Waals surface area (Å²) in [5, 5.41) is 0. The molecule has 30 heavy (non-hydrogen) atoms. The third kappa shape index (κ3) is 4.03. The van der Waals surface area contributed by atoms with Gasteiger partial charge in [0.15, 0.2) is 0 Å². The topological polar surface area (TPSA) is 38.7 Å². The number of piperazine rings is 2. The third-order valence-electron chi connectivity index (χ3n) is 6.04. The highest BCUT2D eigenvalue weighted by atomic mass is 15.3. The van der Waals surface area contributed by atoms with E-state index in [1.54, 1.807) is 0 Å². The lowest BCUT2D eigenvalue weighted by Crippen LogP contribution is -2.48. The molecule has 2 aliphatic heterocycles. The zero-order valence-corrected chi connectivity index (χ0v) is 17.3. The van der Waals surface area contributed by atoms with E-state index in [4.69, 9.17) is 4.98 Å². The molecule has 0 spiro atoms. The summed E-state index contributed by atoms with van der Waals surface area (Å²) in [6, 6.07) is 23.3. The van der Waals surface area contributed by atoms with Crippen molar-refractivity contribution in [2.24, 2.45) is 0 Å². The molecule has 6 nitrogen and oxygen atoms in total. The van der Waals surface area contributed by atoms with Crippen LogP contribution in [0.1, 0.15) is 0 Å². The van der Waals surface area contributed by atoms with Crippen LogP contribution in [0.2, 0.25) is 0 Å². The minimum absolute atomic E-state index is 0.853. The Balaban J connectivity index is 1.20. The quantitative estimate of drug-likeness (QED) is 0.670. The predicted molar refractivity (Wildman–Crippen MR) is 124 cm³/mol. The Kier molecular flexibility index (Phi) is 5.38. The molecule has 2 saturated heterocycles. The normalized spacial score (nSPS) is 17.3. The van der Waals surface area contributed by atoms with Crippen LogP contribution in [-0.4, -0.2) is 62.3 Å². The first-order valence-corrected chi connectivity index (χ1v) is 10.8. The molecule has 0 aliphatic carbocycles. The van der Waals surface area contributed by atoms with E-state index in [1.807, 2.05) is 12.3 Å². The zero-order valence-electron chi connectivity index (χ0n) is 17.3. The van der Waals surface area contributed by atoms with Crippen molar-refractivity contribution >= 4 is 23.1 Å². The molecule has 0 bridgehead atoms. The maximum Gasteiger partial charge on any atom is 0.227 e.